The van der Waals surface area contributed by atoms with Gasteiger partial charge in [0.05, 0.1) is 50.8 Å². The van der Waals surface area contributed by atoms with Crippen molar-refractivity contribution in [2.75, 3.05) is 88.8 Å². The number of hydrogen-bond donors (Lipinski definition) is 4. The van der Waals surface area contributed by atoms with Gasteiger partial charge in [-0.1, -0.05) is 207 Å². The van der Waals surface area contributed by atoms with Crippen molar-refractivity contribution in [1.82, 2.24) is 0 Å². The first-order valence-corrected chi connectivity index (χ1v) is 29.0. The minimum Gasteiger partial charge on any atom is -0.389 e. The Morgan fingerprint density at radius 1 is 0.294 bits per heavy atom. The molecule has 0 amide bonds. The van der Waals surface area contributed by atoms with E-state index in [0.29, 0.717) is 52.6 Å². The van der Waals surface area contributed by atoms with Crippen LogP contribution in [-0.4, -0.2) is 124 Å². The summed E-state index contributed by atoms with van der Waals surface area (Å²) in [5.74, 6) is 0. The summed E-state index contributed by atoms with van der Waals surface area (Å²) in [6.45, 7) is 13.7. The molecular formula is C58H112N2O8. The molecule has 402 valence electrons. The summed E-state index contributed by atoms with van der Waals surface area (Å²) in [4.78, 5) is 4.04. The van der Waals surface area contributed by atoms with Gasteiger partial charge in [-0.3, -0.25) is 0 Å². The molecule has 1 rings (SSSR count). The van der Waals surface area contributed by atoms with Gasteiger partial charge in [-0.15, -0.1) is 0 Å². The Hall–Kier alpha value is -1.50. The van der Waals surface area contributed by atoms with Crippen LogP contribution in [-0.2, 0) is 18.9 Å². The van der Waals surface area contributed by atoms with E-state index in [1.165, 1.54) is 154 Å². The molecule has 1 aromatic rings. The van der Waals surface area contributed by atoms with E-state index in [4.69, 9.17) is 18.9 Å². The largest absolute Gasteiger partial charge is 0.389 e. The lowest BCUT2D eigenvalue weighted by molar-refractivity contribution is 0.0282. The van der Waals surface area contributed by atoms with Gasteiger partial charge in [-0.05, 0) is 49.9 Å². The Kier molecular flexibility index (Phi) is 46.6. The number of nitrogens with zero attached hydrogens (tertiary/aromatic N) is 2. The van der Waals surface area contributed by atoms with E-state index < -0.39 is 24.4 Å². The third-order valence-electron chi connectivity index (χ3n) is 13.1. The Bertz CT molecular complexity index is 997. The van der Waals surface area contributed by atoms with E-state index >= 15 is 0 Å². The monoisotopic (exact) mass is 965 g/mol. The molecule has 68 heavy (non-hydrogen) atoms. The van der Waals surface area contributed by atoms with Gasteiger partial charge < -0.3 is 49.2 Å². The van der Waals surface area contributed by atoms with Crippen LogP contribution in [0.2, 0.25) is 0 Å². The SMILES string of the molecule is CCCCCCCCCCOCC(O)CN(CC(O)COCCCCCCCCCC)c1ccc(N(CC(O)COCCCCCCCCCC)CC(O)COCCCCCCCCCC)cc1. The summed E-state index contributed by atoms with van der Waals surface area (Å²) >= 11 is 0. The van der Waals surface area contributed by atoms with E-state index in [1.807, 2.05) is 34.1 Å². The number of aliphatic hydroxyl groups is 4. The second-order valence-corrected chi connectivity index (χ2v) is 20.1. The van der Waals surface area contributed by atoms with Gasteiger partial charge in [0, 0.05) is 64.0 Å². The molecule has 4 unspecified atom stereocenters. The average Bonchev–Trinajstić information content (AvgIpc) is 3.33. The van der Waals surface area contributed by atoms with Crippen molar-refractivity contribution < 1.29 is 39.4 Å². The maximum Gasteiger partial charge on any atom is 0.0948 e. The molecule has 0 spiro atoms. The smallest absolute Gasteiger partial charge is 0.0948 e. The number of aliphatic hydroxyl groups excluding tert-OH is 4. The number of hydrogen-bond acceptors (Lipinski definition) is 10. The van der Waals surface area contributed by atoms with Crippen molar-refractivity contribution in [2.24, 2.45) is 0 Å². The van der Waals surface area contributed by atoms with Crippen molar-refractivity contribution >= 4 is 11.4 Å². The molecule has 0 bridgehead atoms. The normalized spacial score (nSPS) is 13.5. The van der Waals surface area contributed by atoms with Crippen LogP contribution < -0.4 is 9.80 Å². The molecule has 0 aliphatic heterocycles. The number of benzene rings is 1. The summed E-state index contributed by atoms with van der Waals surface area (Å²) < 4.78 is 23.8. The lowest BCUT2D eigenvalue weighted by atomic mass is 10.1. The maximum atomic E-state index is 11.2. The van der Waals surface area contributed by atoms with Crippen LogP contribution in [0, 0.1) is 0 Å². The zero-order valence-electron chi connectivity index (χ0n) is 45.0. The molecule has 4 atom stereocenters. The van der Waals surface area contributed by atoms with Crippen LogP contribution in [0.4, 0.5) is 11.4 Å². The van der Waals surface area contributed by atoms with E-state index in [1.54, 1.807) is 0 Å². The van der Waals surface area contributed by atoms with Gasteiger partial charge in [0.25, 0.3) is 0 Å². The number of ether oxygens (including phenoxy) is 4. The highest BCUT2D eigenvalue weighted by Crippen LogP contribution is 2.23. The van der Waals surface area contributed by atoms with Crippen molar-refractivity contribution in [3.05, 3.63) is 24.3 Å². The van der Waals surface area contributed by atoms with Crippen LogP contribution in [0.15, 0.2) is 24.3 Å². The molecule has 0 aliphatic rings. The number of anilines is 2. The summed E-state index contributed by atoms with van der Waals surface area (Å²) in [6, 6.07) is 8.00. The second-order valence-electron chi connectivity index (χ2n) is 20.1. The average molecular weight is 966 g/mol. The van der Waals surface area contributed by atoms with Gasteiger partial charge in [-0.25, -0.2) is 0 Å². The molecule has 10 heteroatoms. The molecule has 10 nitrogen and oxygen atoms in total. The van der Waals surface area contributed by atoms with Crippen LogP contribution in [0.1, 0.15) is 233 Å². The van der Waals surface area contributed by atoms with Gasteiger partial charge in [0.15, 0.2) is 0 Å². The van der Waals surface area contributed by atoms with E-state index in [-0.39, 0.29) is 26.4 Å². The second kappa shape index (κ2) is 49.1. The third-order valence-corrected chi connectivity index (χ3v) is 13.1. The van der Waals surface area contributed by atoms with Crippen LogP contribution >= 0.6 is 0 Å². The zero-order chi connectivity index (χ0) is 49.4. The highest BCUT2D eigenvalue weighted by atomic mass is 16.5. The molecule has 0 heterocycles. The van der Waals surface area contributed by atoms with E-state index in [9.17, 15) is 20.4 Å². The highest BCUT2D eigenvalue weighted by Gasteiger charge is 2.20. The Labute approximate surface area is 420 Å². The first-order valence-electron chi connectivity index (χ1n) is 29.0. The molecule has 1 aromatic carbocycles. The fourth-order valence-corrected chi connectivity index (χ4v) is 8.90. The summed E-state index contributed by atoms with van der Waals surface area (Å²) in [5, 5.41) is 44.8. The first kappa shape index (κ1) is 64.5. The molecule has 4 N–H and O–H groups in total. The predicted molar refractivity (Wildman–Crippen MR) is 289 cm³/mol. The third kappa shape index (κ3) is 40.1. The molecular weight excluding hydrogens is 853 g/mol. The van der Waals surface area contributed by atoms with Gasteiger partial charge >= 0.3 is 0 Å². The zero-order valence-corrected chi connectivity index (χ0v) is 45.0. The van der Waals surface area contributed by atoms with E-state index in [2.05, 4.69) is 27.7 Å². The Balaban J connectivity index is 2.92. The minimum atomic E-state index is -0.729. The molecule has 0 saturated heterocycles. The molecule has 0 saturated carbocycles. The molecule has 0 aliphatic carbocycles. The van der Waals surface area contributed by atoms with Crippen molar-refractivity contribution in [3.8, 4) is 0 Å². The highest BCUT2D eigenvalue weighted by molar-refractivity contribution is 5.57. The van der Waals surface area contributed by atoms with Gasteiger partial charge in [0.1, 0.15) is 0 Å². The Morgan fingerprint density at radius 2 is 0.471 bits per heavy atom. The molecule has 0 radical (unpaired) electrons. The number of rotatable bonds is 54. The van der Waals surface area contributed by atoms with Crippen molar-refractivity contribution in [3.63, 3.8) is 0 Å². The fourth-order valence-electron chi connectivity index (χ4n) is 8.90. The van der Waals surface area contributed by atoms with Gasteiger partial charge in [-0.2, -0.15) is 0 Å². The minimum absolute atomic E-state index is 0.238. The first-order chi connectivity index (χ1) is 33.3. The molecule has 0 aromatic heterocycles. The quantitative estimate of drug-likeness (QED) is 0.0469. The van der Waals surface area contributed by atoms with Crippen molar-refractivity contribution in [2.45, 2.75) is 258 Å². The lowest BCUT2D eigenvalue weighted by Crippen LogP contribution is -2.42. The maximum absolute atomic E-state index is 11.2. The summed E-state index contributed by atoms with van der Waals surface area (Å²) in [6.07, 6.45) is 36.6. The van der Waals surface area contributed by atoms with E-state index in [0.717, 1.165) is 62.7 Å². The summed E-state index contributed by atoms with van der Waals surface area (Å²) in [7, 11) is 0. The topological polar surface area (TPSA) is 124 Å². The van der Waals surface area contributed by atoms with Gasteiger partial charge in [0.2, 0.25) is 0 Å². The lowest BCUT2D eigenvalue weighted by Gasteiger charge is -2.32. The Morgan fingerprint density at radius 3 is 0.662 bits per heavy atom. The fraction of sp³-hybridized carbons (Fsp3) is 0.897. The number of unbranched alkanes of at least 4 members (excludes halogenated alkanes) is 28. The predicted octanol–water partition coefficient (Wildman–Crippen LogP) is 13.4. The molecule has 0 fully saturated rings. The van der Waals surface area contributed by atoms with Crippen LogP contribution in [0.25, 0.3) is 0 Å². The summed E-state index contributed by atoms with van der Waals surface area (Å²) in [5.41, 5.74) is 1.72. The van der Waals surface area contributed by atoms with Crippen LogP contribution in [0.5, 0.6) is 0 Å². The standard InChI is InChI=1S/C58H112N2O8/c1-5-9-13-17-21-25-29-33-41-65-49-55(61)45-59(46-56(62)50-66-42-34-30-26-22-18-14-10-6-2)53-37-39-54(40-38-53)60(47-57(63)51-67-43-35-31-27-23-19-15-11-7-3)48-58(64)52-68-44-36-32-28-24-20-16-12-8-4/h37-40,55-58,61-64H,5-36,41-52H2,1-4H3. The van der Waals surface area contributed by atoms with Crippen LogP contribution in [0.3, 0.4) is 0 Å². The van der Waals surface area contributed by atoms with Crippen molar-refractivity contribution in [1.29, 1.82) is 0 Å².